The van der Waals surface area contributed by atoms with E-state index in [1.165, 1.54) is 25.3 Å². The molecule has 106 valence electrons. The van der Waals surface area contributed by atoms with Crippen molar-refractivity contribution in [3.63, 3.8) is 0 Å². The lowest BCUT2D eigenvalue weighted by molar-refractivity contribution is 0.198. The zero-order chi connectivity index (χ0) is 14.0. The minimum atomic E-state index is -0.635. The highest BCUT2D eigenvalue weighted by atomic mass is 19.1. The van der Waals surface area contributed by atoms with E-state index in [0.717, 1.165) is 18.7 Å². The first-order chi connectivity index (χ1) is 9.04. The van der Waals surface area contributed by atoms with Crippen molar-refractivity contribution in [1.29, 1.82) is 0 Å². The van der Waals surface area contributed by atoms with Crippen molar-refractivity contribution in [2.24, 2.45) is 0 Å². The van der Waals surface area contributed by atoms with E-state index in [4.69, 9.17) is 0 Å². The van der Waals surface area contributed by atoms with Crippen LogP contribution in [0.15, 0.2) is 12.1 Å². The Hall–Kier alpha value is -1.09. The summed E-state index contributed by atoms with van der Waals surface area (Å²) in [6.45, 7) is 6.69. The Morgan fingerprint density at radius 2 is 2.16 bits per heavy atom. The maximum Gasteiger partial charge on any atom is 0.126 e. The second kappa shape index (κ2) is 5.91. The molecule has 0 bridgehead atoms. The van der Waals surface area contributed by atoms with E-state index in [0.29, 0.717) is 17.2 Å². The molecule has 0 aromatic heterocycles. The Bertz CT molecular complexity index is 445. The third-order valence-corrected chi connectivity index (χ3v) is 4.17. The average molecular weight is 265 g/mol. The van der Waals surface area contributed by atoms with Gasteiger partial charge in [0.15, 0.2) is 0 Å². The minimum absolute atomic E-state index is 0.232. The second-order valence-electron chi connectivity index (χ2n) is 5.59. The lowest BCUT2D eigenvalue weighted by Gasteiger charge is -2.39. The van der Waals surface area contributed by atoms with E-state index in [1.54, 1.807) is 13.8 Å². The molecule has 0 radical (unpaired) electrons. The van der Waals surface area contributed by atoms with Gasteiger partial charge in [0.1, 0.15) is 5.82 Å². The number of piperidine rings is 1. The number of benzene rings is 1. The first kappa shape index (κ1) is 14.3. The van der Waals surface area contributed by atoms with Gasteiger partial charge in [-0.25, -0.2) is 4.39 Å². The normalized spacial score (nSPS) is 21.5. The topological polar surface area (TPSA) is 23.5 Å². The number of anilines is 1. The monoisotopic (exact) mass is 265 g/mol. The molecule has 19 heavy (non-hydrogen) atoms. The van der Waals surface area contributed by atoms with Gasteiger partial charge in [0, 0.05) is 23.8 Å². The van der Waals surface area contributed by atoms with E-state index >= 15 is 0 Å². The first-order valence-electron chi connectivity index (χ1n) is 7.29. The number of aliphatic hydroxyl groups excluding tert-OH is 1. The number of nitrogens with zero attached hydrogens (tertiary/aromatic N) is 1. The third-order valence-electron chi connectivity index (χ3n) is 4.17. The number of rotatable bonds is 3. The van der Waals surface area contributed by atoms with Gasteiger partial charge in [-0.05, 0) is 57.2 Å². The first-order valence-corrected chi connectivity index (χ1v) is 7.29. The van der Waals surface area contributed by atoms with Crippen molar-refractivity contribution in [3.05, 3.63) is 29.1 Å². The molecule has 0 amide bonds. The molecule has 3 heteroatoms. The number of hydrogen-bond donors (Lipinski definition) is 1. The van der Waals surface area contributed by atoms with Crippen molar-refractivity contribution in [2.75, 3.05) is 11.4 Å². The van der Waals surface area contributed by atoms with Crippen LogP contribution in [0.2, 0.25) is 0 Å². The van der Waals surface area contributed by atoms with Crippen LogP contribution in [0.4, 0.5) is 10.1 Å². The summed E-state index contributed by atoms with van der Waals surface area (Å²) in [6, 6.07) is 3.90. The Balaban J connectivity index is 2.44. The lowest BCUT2D eigenvalue weighted by Crippen LogP contribution is -2.39. The van der Waals surface area contributed by atoms with Gasteiger partial charge in [0.2, 0.25) is 0 Å². The summed E-state index contributed by atoms with van der Waals surface area (Å²) < 4.78 is 13.7. The highest BCUT2D eigenvalue weighted by molar-refractivity contribution is 5.57. The van der Waals surface area contributed by atoms with Gasteiger partial charge in [-0.2, -0.15) is 0 Å². The lowest BCUT2D eigenvalue weighted by atomic mass is 9.96. The molecule has 1 heterocycles. The van der Waals surface area contributed by atoms with E-state index in [2.05, 4.69) is 11.8 Å². The summed E-state index contributed by atoms with van der Waals surface area (Å²) in [7, 11) is 0. The molecule has 1 saturated heterocycles. The van der Waals surface area contributed by atoms with E-state index in [-0.39, 0.29) is 5.82 Å². The Labute approximate surface area is 115 Å². The van der Waals surface area contributed by atoms with Crippen molar-refractivity contribution in [3.8, 4) is 0 Å². The van der Waals surface area contributed by atoms with Gasteiger partial charge in [-0.3, -0.25) is 0 Å². The van der Waals surface area contributed by atoms with Crippen LogP contribution in [-0.4, -0.2) is 17.7 Å². The van der Waals surface area contributed by atoms with Crippen LogP contribution in [0, 0.1) is 12.7 Å². The molecule has 1 fully saturated rings. The molecule has 2 unspecified atom stereocenters. The van der Waals surface area contributed by atoms with Crippen molar-refractivity contribution in [2.45, 2.75) is 58.6 Å². The zero-order valence-corrected chi connectivity index (χ0v) is 12.1. The predicted octanol–water partition coefficient (Wildman–Crippen LogP) is 3.96. The standard InChI is InChI=1S/C16H24FNO/c1-4-13-7-5-6-8-18(13)16-9-11(2)15(17)10-14(16)12(3)19/h9-10,12-13,19H,4-8H2,1-3H3. The van der Waals surface area contributed by atoms with Crippen LogP contribution in [0.25, 0.3) is 0 Å². The quantitative estimate of drug-likeness (QED) is 0.894. The van der Waals surface area contributed by atoms with Crippen molar-refractivity contribution < 1.29 is 9.50 Å². The van der Waals surface area contributed by atoms with Crippen LogP contribution in [-0.2, 0) is 0 Å². The van der Waals surface area contributed by atoms with Gasteiger partial charge in [-0.1, -0.05) is 6.92 Å². The highest BCUT2D eigenvalue weighted by Gasteiger charge is 2.25. The van der Waals surface area contributed by atoms with Crippen LogP contribution in [0.1, 0.15) is 56.8 Å². The van der Waals surface area contributed by atoms with Gasteiger partial charge in [0.25, 0.3) is 0 Å². The Morgan fingerprint density at radius 3 is 2.79 bits per heavy atom. The number of hydrogen-bond acceptors (Lipinski definition) is 2. The summed E-state index contributed by atoms with van der Waals surface area (Å²) in [5, 5.41) is 9.92. The molecule has 2 atom stereocenters. The fourth-order valence-corrected chi connectivity index (χ4v) is 3.01. The molecule has 0 saturated carbocycles. The third kappa shape index (κ3) is 2.92. The summed E-state index contributed by atoms with van der Waals surface area (Å²) in [5.74, 6) is -0.232. The molecule has 1 aliphatic heterocycles. The van der Waals surface area contributed by atoms with Gasteiger partial charge in [0.05, 0.1) is 6.10 Å². The predicted molar refractivity (Wildman–Crippen MR) is 77.0 cm³/mol. The molecule has 1 aliphatic rings. The van der Waals surface area contributed by atoms with Gasteiger partial charge in [-0.15, -0.1) is 0 Å². The molecular formula is C16H24FNO. The fraction of sp³-hybridized carbons (Fsp3) is 0.625. The smallest absolute Gasteiger partial charge is 0.126 e. The zero-order valence-electron chi connectivity index (χ0n) is 12.1. The molecule has 0 spiro atoms. The number of halogens is 1. The van der Waals surface area contributed by atoms with Crippen molar-refractivity contribution in [1.82, 2.24) is 0 Å². The maximum absolute atomic E-state index is 13.7. The summed E-state index contributed by atoms with van der Waals surface area (Å²) in [5.41, 5.74) is 2.38. The number of aliphatic hydroxyl groups is 1. The molecule has 1 aromatic rings. The SMILES string of the molecule is CCC1CCCCN1c1cc(C)c(F)cc1C(C)O. The fourth-order valence-electron chi connectivity index (χ4n) is 3.01. The highest BCUT2D eigenvalue weighted by Crippen LogP contribution is 2.34. The average Bonchev–Trinajstić information content (AvgIpc) is 2.41. The van der Waals surface area contributed by atoms with Crippen LogP contribution in [0.5, 0.6) is 0 Å². The Morgan fingerprint density at radius 1 is 1.42 bits per heavy atom. The summed E-state index contributed by atoms with van der Waals surface area (Å²) >= 11 is 0. The van der Waals surface area contributed by atoms with E-state index in [1.807, 2.05) is 6.07 Å². The molecule has 1 aromatic carbocycles. The Kier molecular flexibility index (Phi) is 4.46. The summed E-state index contributed by atoms with van der Waals surface area (Å²) in [6.07, 6.45) is 4.08. The van der Waals surface area contributed by atoms with Crippen LogP contribution in [0.3, 0.4) is 0 Å². The summed E-state index contributed by atoms with van der Waals surface area (Å²) in [4.78, 5) is 2.36. The molecular weight excluding hydrogens is 241 g/mol. The number of aryl methyl sites for hydroxylation is 1. The van der Waals surface area contributed by atoms with E-state index in [9.17, 15) is 9.50 Å². The molecule has 1 N–H and O–H groups in total. The van der Waals surface area contributed by atoms with Crippen molar-refractivity contribution >= 4 is 5.69 Å². The molecule has 2 nitrogen and oxygen atoms in total. The molecule has 0 aliphatic carbocycles. The van der Waals surface area contributed by atoms with E-state index < -0.39 is 6.10 Å². The van der Waals surface area contributed by atoms with Crippen LogP contribution >= 0.6 is 0 Å². The molecule has 2 rings (SSSR count). The maximum atomic E-state index is 13.7. The van der Waals surface area contributed by atoms with Crippen LogP contribution < -0.4 is 4.90 Å². The minimum Gasteiger partial charge on any atom is -0.389 e. The van der Waals surface area contributed by atoms with Gasteiger partial charge >= 0.3 is 0 Å². The second-order valence-corrected chi connectivity index (χ2v) is 5.59. The largest absolute Gasteiger partial charge is 0.389 e. The van der Waals surface area contributed by atoms with Gasteiger partial charge < -0.3 is 10.0 Å².